The van der Waals surface area contributed by atoms with Gasteiger partial charge in [-0.1, -0.05) is 12.1 Å². The molecule has 3 N–H and O–H groups in total. The number of primary amides is 1. The third-order valence-corrected chi connectivity index (χ3v) is 3.94. The fraction of sp³-hybridized carbons (Fsp3) is 0.118. The molecule has 2 amide bonds. The topological polar surface area (TPSA) is 101 Å². The molecule has 1 aromatic carbocycles. The molecule has 3 heterocycles. The van der Waals surface area contributed by atoms with Crippen LogP contribution in [0.5, 0.6) is 5.88 Å². The van der Waals surface area contributed by atoms with E-state index in [-0.39, 0.29) is 24.5 Å². The minimum absolute atomic E-state index is 0.178. The van der Waals surface area contributed by atoms with Crippen molar-refractivity contribution < 1.29 is 14.3 Å². The second-order valence-corrected chi connectivity index (χ2v) is 5.44. The van der Waals surface area contributed by atoms with E-state index < -0.39 is 5.91 Å². The summed E-state index contributed by atoms with van der Waals surface area (Å²) in [6, 6.07) is 10.4. The van der Waals surface area contributed by atoms with Crippen molar-refractivity contribution in [2.24, 2.45) is 5.73 Å². The van der Waals surface area contributed by atoms with Gasteiger partial charge in [-0.25, -0.2) is 0 Å². The Hall–Kier alpha value is -3.35. The average molecular weight is 322 g/mol. The third-order valence-electron chi connectivity index (χ3n) is 3.94. The van der Waals surface area contributed by atoms with Gasteiger partial charge in [0.15, 0.2) is 0 Å². The number of carbonyl (C=O) groups is 2. The number of nitrogens with one attached hydrogen (secondary N) is 1. The zero-order chi connectivity index (χ0) is 16.7. The van der Waals surface area contributed by atoms with E-state index in [0.29, 0.717) is 22.9 Å². The maximum atomic E-state index is 12.7. The van der Waals surface area contributed by atoms with Crippen LogP contribution in [0.15, 0.2) is 42.6 Å². The molecule has 0 bridgehead atoms. The molecule has 0 atom stereocenters. The highest BCUT2D eigenvalue weighted by molar-refractivity contribution is 6.09. The minimum Gasteiger partial charge on any atom is -0.476 e. The van der Waals surface area contributed by atoms with E-state index in [1.165, 1.54) is 4.90 Å². The number of H-pyrrole nitrogens is 1. The number of para-hydroxylation sites is 1. The van der Waals surface area contributed by atoms with Gasteiger partial charge in [-0.2, -0.15) is 4.98 Å². The summed E-state index contributed by atoms with van der Waals surface area (Å²) in [4.78, 5) is 33.4. The van der Waals surface area contributed by atoms with Gasteiger partial charge < -0.3 is 15.5 Å². The normalized spacial score (nSPS) is 14.2. The van der Waals surface area contributed by atoms with E-state index in [1.807, 2.05) is 12.1 Å². The Balaban J connectivity index is 1.98. The van der Waals surface area contributed by atoms with Crippen LogP contribution in [0, 0.1) is 0 Å². The summed E-state index contributed by atoms with van der Waals surface area (Å²) in [7, 11) is 0. The Morgan fingerprint density at radius 3 is 2.92 bits per heavy atom. The summed E-state index contributed by atoms with van der Waals surface area (Å²) in [5.74, 6) is -0.435. The zero-order valence-electron chi connectivity index (χ0n) is 12.7. The van der Waals surface area contributed by atoms with Crippen molar-refractivity contribution in [1.29, 1.82) is 0 Å². The molecule has 0 fully saturated rings. The number of nitrogens with zero attached hydrogens (tertiary/aromatic N) is 2. The zero-order valence-corrected chi connectivity index (χ0v) is 12.7. The van der Waals surface area contributed by atoms with Crippen LogP contribution in [0.2, 0.25) is 0 Å². The lowest BCUT2D eigenvalue weighted by Crippen LogP contribution is -2.28. The molecule has 120 valence electrons. The highest BCUT2D eigenvalue weighted by Crippen LogP contribution is 2.38. The number of hydrogen-bond donors (Lipinski definition) is 2. The highest BCUT2D eigenvalue weighted by Gasteiger charge is 2.29. The van der Waals surface area contributed by atoms with Gasteiger partial charge in [0.05, 0.1) is 24.3 Å². The Morgan fingerprint density at radius 2 is 2.08 bits per heavy atom. The Bertz CT molecular complexity index is 963. The van der Waals surface area contributed by atoms with E-state index in [0.717, 1.165) is 5.39 Å². The molecular formula is C17H14N4O3. The molecule has 0 unspecified atom stereocenters. The molecule has 7 heteroatoms. The number of fused-ring (bicyclic) bond motifs is 2. The maximum Gasteiger partial charge on any atom is 0.250 e. The SMILES string of the molecule is NC(=O)c1ccccc1N1C(=O)CCOc2nc3[nH]ccc3cc21. The predicted octanol–water partition coefficient (Wildman–Crippen LogP) is 2.11. The molecule has 0 saturated heterocycles. The Kier molecular flexibility index (Phi) is 3.19. The van der Waals surface area contributed by atoms with Crippen molar-refractivity contribution in [2.45, 2.75) is 6.42 Å². The van der Waals surface area contributed by atoms with Crippen molar-refractivity contribution in [1.82, 2.24) is 9.97 Å². The first-order chi connectivity index (χ1) is 11.6. The van der Waals surface area contributed by atoms with Gasteiger partial charge in [0.25, 0.3) is 5.91 Å². The van der Waals surface area contributed by atoms with Gasteiger partial charge in [-0.3, -0.25) is 14.5 Å². The van der Waals surface area contributed by atoms with Crippen LogP contribution in [-0.2, 0) is 4.79 Å². The fourth-order valence-electron chi connectivity index (χ4n) is 2.84. The molecule has 0 aliphatic carbocycles. The van der Waals surface area contributed by atoms with Crippen LogP contribution in [0.25, 0.3) is 11.0 Å². The number of anilines is 2. The van der Waals surface area contributed by atoms with Crippen LogP contribution < -0.4 is 15.4 Å². The molecule has 0 saturated carbocycles. The van der Waals surface area contributed by atoms with E-state index in [9.17, 15) is 9.59 Å². The molecule has 7 nitrogen and oxygen atoms in total. The molecule has 3 aromatic rings. The number of nitrogens with two attached hydrogens (primary N) is 1. The van der Waals surface area contributed by atoms with Gasteiger partial charge >= 0.3 is 0 Å². The third kappa shape index (κ3) is 2.18. The first kappa shape index (κ1) is 14.3. The summed E-state index contributed by atoms with van der Waals surface area (Å²) in [5.41, 5.74) is 7.34. The minimum atomic E-state index is -0.596. The molecule has 24 heavy (non-hydrogen) atoms. The quantitative estimate of drug-likeness (QED) is 0.754. The number of aromatic nitrogens is 2. The molecule has 1 aliphatic heterocycles. The second kappa shape index (κ2) is 5.38. The molecule has 1 aliphatic rings. The number of benzene rings is 1. The summed E-state index contributed by atoms with van der Waals surface area (Å²) >= 11 is 0. The second-order valence-electron chi connectivity index (χ2n) is 5.44. The Morgan fingerprint density at radius 1 is 1.25 bits per heavy atom. The van der Waals surface area contributed by atoms with Crippen LogP contribution in [-0.4, -0.2) is 28.4 Å². The van der Waals surface area contributed by atoms with Crippen molar-refractivity contribution in [3.8, 4) is 5.88 Å². The monoisotopic (exact) mass is 322 g/mol. The van der Waals surface area contributed by atoms with Gasteiger partial charge in [-0.05, 0) is 24.3 Å². The van der Waals surface area contributed by atoms with Crippen molar-refractivity contribution in [3.63, 3.8) is 0 Å². The van der Waals surface area contributed by atoms with Crippen molar-refractivity contribution in [3.05, 3.63) is 48.2 Å². The number of carbonyl (C=O) groups excluding carboxylic acids is 2. The number of rotatable bonds is 2. The number of hydrogen-bond acceptors (Lipinski definition) is 4. The summed E-state index contributed by atoms with van der Waals surface area (Å²) < 4.78 is 5.64. The number of amides is 2. The summed E-state index contributed by atoms with van der Waals surface area (Å²) in [6.45, 7) is 0.223. The number of ether oxygens (including phenoxy) is 1. The number of aromatic amines is 1. The van der Waals surface area contributed by atoms with E-state index in [4.69, 9.17) is 10.5 Å². The summed E-state index contributed by atoms with van der Waals surface area (Å²) in [5, 5.41) is 0.841. The van der Waals surface area contributed by atoms with E-state index >= 15 is 0 Å². The lowest BCUT2D eigenvalue weighted by atomic mass is 10.1. The molecule has 0 radical (unpaired) electrons. The molecule has 2 aromatic heterocycles. The van der Waals surface area contributed by atoms with Crippen LogP contribution in [0.1, 0.15) is 16.8 Å². The summed E-state index contributed by atoms with van der Waals surface area (Å²) in [6.07, 6.45) is 1.94. The first-order valence-corrected chi connectivity index (χ1v) is 7.48. The predicted molar refractivity (Wildman–Crippen MR) is 88.3 cm³/mol. The highest BCUT2D eigenvalue weighted by atomic mass is 16.5. The Labute approximate surface area is 137 Å². The largest absolute Gasteiger partial charge is 0.476 e. The van der Waals surface area contributed by atoms with Crippen LogP contribution in [0.3, 0.4) is 0 Å². The lowest BCUT2D eigenvalue weighted by molar-refractivity contribution is -0.118. The van der Waals surface area contributed by atoms with Crippen LogP contribution in [0.4, 0.5) is 11.4 Å². The average Bonchev–Trinajstić information content (AvgIpc) is 2.96. The van der Waals surface area contributed by atoms with Crippen LogP contribution >= 0.6 is 0 Å². The van der Waals surface area contributed by atoms with Crippen molar-refractivity contribution >= 4 is 34.2 Å². The molecule has 4 rings (SSSR count). The van der Waals surface area contributed by atoms with E-state index in [1.54, 1.807) is 30.5 Å². The maximum absolute atomic E-state index is 12.7. The van der Waals surface area contributed by atoms with Crippen molar-refractivity contribution in [2.75, 3.05) is 11.5 Å². The van der Waals surface area contributed by atoms with Gasteiger partial charge in [-0.15, -0.1) is 0 Å². The van der Waals surface area contributed by atoms with Gasteiger partial charge in [0, 0.05) is 11.6 Å². The smallest absolute Gasteiger partial charge is 0.250 e. The number of pyridine rings is 1. The lowest BCUT2D eigenvalue weighted by Gasteiger charge is -2.23. The first-order valence-electron chi connectivity index (χ1n) is 7.48. The van der Waals surface area contributed by atoms with Gasteiger partial charge in [0.2, 0.25) is 11.8 Å². The standard InChI is InChI=1S/C17H14N4O3/c18-15(23)11-3-1-2-4-12(11)21-13-9-10-5-7-19-16(10)20-17(13)24-8-6-14(21)22/h1-5,7,9H,6,8H2,(H2,18,23)(H,19,20). The molecule has 0 spiro atoms. The fourth-order valence-corrected chi connectivity index (χ4v) is 2.84. The van der Waals surface area contributed by atoms with E-state index in [2.05, 4.69) is 9.97 Å². The molecular weight excluding hydrogens is 308 g/mol. The van der Waals surface area contributed by atoms with Gasteiger partial charge in [0.1, 0.15) is 11.3 Å².